The first-order valence-corrected chi connectivity index (χ1v) is 5.57. The number of rotatable bonds is 2. The molecule has 1 unspecified atom stereocenters. The molecule has 0 spiro atoms. The zero-order valence-electron chi connectivity index (χ0n) is 7.79. The Bertz CT molecular complexity index is 325. The van der Waals surface area contributed by atoms with Crippen LogP contribution in [0, 0.1) is 5.92 Å². The van der Waals surface area contributed by atoms with Gasteiger partial charge >= 0.3 is 0 Å². The van der Waals surface area contributed by atoms with E-state index in [1.165, 1.54) is 16.0 Å². The molecule has 1 aliphatic rings. The van der Waals surface area contributed by atoms with Gasteiger partial charge in [0.15, 0.2) is 0 Å². The highest BCUT2D eigenvalue weighted by atomic mass is 32.1. The highest BCUT2D eigenvalue weighted by Gasteiger charge is 2.15. The second-order valence-corrected chi connectivity index (χ2v) is 4.53. The summed E-state index contributed by atoms with van der Waals surface area (Å²) in [7, 11) is 0. The number of thiophene rings is 1. The number of aliphatic hydroxyl groups excluding tert-OH is 1. The van der Waals surface area contributed by atoms with Crippen LogP contribution in [-0.4, -0.2) is 11.7 Å². The number of allylic oxidation sites excluding steroid dienone is 1. The first kappa shape index (κ1) is 8.97. The van der Waals surface area contributed by atoms with Crippen molar-refractivity contribution in [2.75, 3.05) is 6.61 Å². The molecule has 0 fully saturated rings. The van der Waals surface area contributed by atoms with Gasteiger partial charge in [0.1, 0.15) is 0 Å². The lowest BCUT2D eigenvalue weighted by Crippen LogP contribution is -2.04. The first-order valence-electron chi connectivity index (χ1n) is 4.69. The van der Waals surface area contributed by atoms with E-state index in [9.17, 15) is 0 Å². The summed E-state index contributed by atoms with van der Waals surface area (Å²) in [6, 6.07) is 0. The Morgan fingerprint density at radius 2 is 2.46 bits per heavy atom. The topological polar surface area (TPSA) is 20.2 Å². The Kier molecular flexibility index (Phi) is 2.51. The average Bonchev–Trinajstić information content (AvgIpc) is 2.49. The number of fused-ring (bicyclic) bond motifs is 1. The molecule has 0 aliphatic heterocycles. The Labute approximate surface area is 82.7 Å². The molecule has 1 aromatic heterocycles. The standard InChI is InChI=1S/C11H14OS/c1-8-2-3-11-10(6-8)9(4-5-12)7-13-11/h2-3,7-8,12H,4-6H2,1H3. The maximum absolute atomic E-state index is 8.89. The average molecular weight is 194 g/mol. The van der Waals surface area contributed by atoms with E-state index < -0.39 is 0 Å². The predicted octanol–water partition coefficient (Wildman–Crippen LogP) is 2.49. The molecule has 1 nitrogen and oxygen atoms in total. The van der Waals surface area contributed by atoms with Crippen molar-refractivity contribution in [2.45, 2.75) is 19.8 Å². The molecule has 13 heavy (non-hydrogen) atoms. The van der Waals surface area contributed by atoms with E-state index in [0.717, 1.165) is 12.8 Å². The molecule has 70 valence electrons. The van der Waals surface area contributed by atoms with Crippen molar-refractivity contribution >= 4 is 17.4 Å². The van der Waals surface area contributed by atoms with Crippen molar-refractivity contribution in [3.8, 4) is 0 Å². The first-order chi connectivity index (χ1) is 6.31. The van der Waals surface area contributed by atoms with Crippen molar-refractivity contribution in [3.05, 3.63) is 27.5 Å². The molecule has 0 amide bonds. The Morgan fingerprint density at radius 1 is 1.62 bits per heavy atom. The third-order valence-electron chi connectivity index (χ3n) is 2.50. The summed E-state index contributed by atoms with van der Waals surface area (Å²) in [6.45, 7) is 2.50. The fraction of sp³-hybridized carbons (Fsp3) is 0.455. The molecule has 2 rings (SSSR count). The molecule has 1 atom stereocenters. The second-order valence-electron chi connectivity index (χ2n) is 3.62. The van der Waals surface area contributed by atoms with Crippen LogP contribution in [0.5, 0.6) is 0 Å². The quantitative estimate of drug-likeness (QED) is 0.767. The monoisotopic (exact) mass is 194 g/mol. The van der Waals surface area contributed by atoms with Gasteiger partial charge in [-0.25, -0.2) is 0 Å². The molecule has 0 radical (unpaired) electrons. The minimum absolute atomic E-state index is 0.265. The van der Waals surface area contributed by atoms with E-state index in [2.05, 4.69) is 24.5 Å². The lowest BCUT2D eigenvalue weighted by Gasteiger charge is -2.13. The smallest absolute Gasteiger partial charge is 0.0471 e. The third kappa shape index (κ3) is 1.69. The molecular weight excluding hydrogens is 180 g/mol. The molecule has 2 heteroatoms. The van der Waals surface area contributed by atoms with Crippen LogP contribution >= 0.6 is 11.3 Å². The van der Waals surface area contributed by atoms with Crippen LogP contribution in [-0.2, 0) is 12.8 Å². The lowest BCUT2D eigenvalue weighted by molar-refractivity contribution is 0.299. The summed E-state index contributed by atoms with van der Waals surface area (Å²) < 4.78 is 0. The predicted molar refractivity (Wildman–Crippen MR) is 57.0 cm³/mol. The largest absolute Gasteiger partial charge is 0.396 e. The Balaban J connectivity index is 2.32. The zero-order valence-corrected chi connectivity index (χ0v) is 8.60. The summed E-state index contributed by atoms with van der Waals surface area (Å²) >= 11 is 1.80. The fourth-order valence-electron chi connectivity index (χ4n) is 1.78. The minimum Gasteiger partial charge on any atom is -0.396 e. The van der Waals surface area contributed by atoms with E-state index in [0.29, 0.717) is 5.92 Å². The van der Waals surface area contributed by atoms with E-state index >= 15 is 0 Å². The number of hydrogen-bond donors (Lipinski definition) is 1. The Morgan fingerprint density at radius 3 is 3.23 bits per heavy atom. The number of aliphatic hydroxyl groups is 1. The normalized spacial score (nSPS) is 20.3. The summed E-state index contributed by atoms with van der Waals surface area (Å²) in [5.74, 6) is 0.652. The van der Waals surface area contributed by atoms with Gasteiger partial charge in [-0.2, -0.15) is 0 Å². The van der Waals surface area contributed by atoms with Gasteiger partial charge in [-0.3, -0.25) is 0 Å². The van der Waals surface area contributed by atoms with E-state index in [4.69, 9.17) is 5.11 Å². The Hall–Kier alpha value is -0.600. The molecule has 1 N–H and O–H groups in total. The van der Waals surface area contributed by atoms with E-state index in [1.54, 1.807) is 11.3 Å². The molecule has 1 aromatic rings. The molecule has 0 saturated heterocycles. The van der Waals surface area contributed by atoms with Gasteiger partial charge in [0.2, 0.25) is 0 Å². The summed E-state index contributed by atoms with van der Waals surface area (Å²) in [6.07, 6.45) is 6.44. The molecule has 1 heterocycles. The second kappa shape index (κ2) is 3.64. The summed E-state index contributed by atoms with van der Waals surface area (Å²) in [5.41, 5.74) is 2.81. The van der Waals surface area contributed by atoms with E-state index in [-0.39, 0.29) is 6.61 Å². The molecule has 0 bridgehead atoms. The highest BCUT2D eigenvalue weighted by molar-refractivity contribution is 7.11. The third-order valence-corrected chi connectivity index (χ3v) is 3.54. The number of hydrogen-bond acceptors (Lipinski definition) is 2. The van der Waals surface area contributed by atoms with Crippen molar-refractivity contribution in [1.29, 1.82) is 0 Å². The van der Waals surface area contributed by atoms with Crippen LogP contribution < -0.4 is 0 Å². The van der Waals surface area contributed by atoms with Crippen LogP contribution in [0.3, 0.4) is 0 Å². The van der Waals surface area contributed by atoms with Crippen molar-refractivity contribution < 1.29 is 5.11 Å². The maximum Gasteiger partial charge on any atom is 0.0471 e. The van der Waals surface area contributed by atoms with Crippen LogP contribution in [0.15, 0.2) is 11.5 Å². The van der Waals surface area contributed by atoms with Gasteiger partial charge in [0.05, 0.1) is 0 Å². The van der Waals surface area contributed by atoms with Crippen LogP contribution in [0.2, 0.25) is 0 Å². The molecule has 0 saturated carbocycles. The van der Waals surface area contributed by atoms with Crippen molar-refractivity contribution in [2.24, 2.45) is 5.92 Å². The lowest BCUT2D eigenvalue weighted by atomic mass is 9.92. The van der Waals surface area contributed by atoms with Gasteiger partial charge < -0.3 is 5.11 Å². The fourth-order valence-corrected chi connectivity index (χ4v) is 2.82. The van der Waals surface area contributed by atoms with Crippen LogP contribution in [0.1, 0.15) is 22.9 Å². The minimum atomic E-state index is 0.265. The van der Waals surface area contributed by atoms with Crippen molar-refractivity contribution in [3.63, 3.8) is 0 Å². The summed E-state index contributed by atoms with van der Waals surface area (Å²) in [4.78, 5) is 1.39. The maximum atomic E-state index is 8.89. The van der Waals surface area contributed by atoms with E-state index in [1.807, 2.05) is 0 Å². The van der Waals surface area contributed by atoms with Gasteiger partial charge in [-0.15, -0.1) is 11.3 Å². The van der Waals surface area contributed by atoms with Crippen molar-refractivity contribution in [1.82, 2.24) is 0 Å². The molecular formula is C11H14OS. The molecule has 1 aliphatic carbocycles. The zero-order chi connectivity index (χ0) is 9.26. The van der Waals surface area contributed by atoms with Gasteiger partial charge in [0.25, 0.3) is 0 Å². The highest BCUT2D eigenvalue weighted by Crippen LogP contribution is 2.31. The SMILES string of the molecule is CC1C=Cc2scc(CCO)c2C1. The van der Waals surface area contributed by atoms with Crippen LogP contribution in [0.25, 0.3) is 6.08 Å². The van der Waals surface area contributed by atoms with Gasteiger partial charge in [0, 0.05) is 11.5 Å². The van der Waals surface area contributed by atoms with Crippen LogP contribution in [0.4, 0.5) is 0 Å². The van der Waals surface area contributed by atoms with Gasteiger partial charge in [-0.1, -0.05) is 13.0 Å². The summed E-state index contributed by atoms with van der Waals surface area (Å²) in [5, 5.41) is 11.1. The van der Waals surface area contributed by atoms with Gasteiger partial charge in [-0.05, 0) is 41.3 Å². The molecule has 0 aromatic carbocycles.